The number of fused-ring (bicyclic) bond motifs is 1. The Balaban J connectivity index is 2.09. The number of nitrogens with one attached hydrogen (secondary N) is 2. The SMILES string of the molecule is NC(=O)c1cc(Cl)cc(S(=O)(=O)Nc2ccc(Cl)c3c(Cl)c[nH]c23)c1. The average molecular weight is 419 g/mol. The second kappa shape index (κ2) is 6.42. The topological polar surface area (TPSA) is 105 Å². The van der Waals surface area contributed by atoms with Crippen molar-refractivity contribution < 1.29 is 13.2 Å². The lowest BCUT2D eigenvalue weighted by Gasteiger charge is -2.11. The smallest absolute Gasteiger partial charge is 0.262 e. The third kappa shape index (κ3) is 3.41. The van der Waals surface area contributed by atoms with Gasteiger partial charge in [0.05, 0.1) is 26.1 Å². The number of halogens is 3. The summed E-state index contributed by atoms with van der Waals surface area (Å²) in [5, 5.41) is 1.30. The molecular weight excluding hydrogens is 409 g/mol. The number of hydrogen-bond donors (Lipinski definition) is 3. The summed E-state index contributed by atoms with van der Waals surface area (Å²) >= 11 is 18.0. The van der Waals surface area contributed by atoms with Crippen molar-refractivity contribution in [1.82, 2.24) is 4.98 Å². The fraction of sp³-hybridized carbons (Fsp3) is 0. The molecule has 1 amide bonds. The van der Waals surface area contributed by atoms with Crippen LogP contribution in [-0.2, 0) is 10.0 Å². The number of carbonyl (C=O) groups is 1. The van der Waals surface area contributed by atoms with Crippen LogP contribution < -0.4 is 10.5 Å². The molecule has 3 rings (SSSR count). The standard InChI is InChI=1S/C15H10Cl3N3O3S/c16-8-3-7(15(19)22)4-9(5-8)25(23,24)21-12-2-1-10(17)13-11(18)6-20-14(12)13/h1-6,20-21H,(H2,19,22). The van der Waals surface area contributed by atoms with E-state index in [1.54, 1.807) is 0 Å². The van der Waals surface area contributed by atoms with Crippen molar-refractivity contribution in [2.75, 3.05) is 4.72 Å². The molecule has 0 saturated heterocycles. The molecular formula is C15H10Cl3N3O3S. The normalized spacial score (nSPS) is 11.6. The maximum Gasteiger partial charge on any atom is 0.262 e. The highest BCUT2D eigenvalue weighted by molar-refractivity contribution is 7.92. The van der Waals surface area contributed by atoms with Crippen LogP contribution in [-0.4, -0.2) is 19.3 Å². The zero-order chi connectivity index (χ0) is 18.4. The summed E-state index contributed by atoms with van der Waals surface area (Å²) in [5.74, 6) is -0.788. The van der Waals surface area contributed by atoms with Crippen LogP contribution in [0.25, 0.3) is 10.9 Å². The van der Waals surface area contributed by atoms with E-state index in [2.05, 4.69) is 9.71 Å². The Morgan fingerprint density at radius 1 is 1.08 bits per heavy atom. The second-order valence-electron chi connectivity index (χ2n) is 5.13. The van der Waals surface area contributed by atoms with E-state index in [4.69, 9.17) is 40.5 Å². The quantitative estimate of drug-likeness (QED) is 0.595. The number of amides is 1. The van der Waals surface area contributed by atoms with Crippen molar-refractivity contribution in [3.8, 4) is 0 Å². The summed E-state index contributed by atoms with van der Waals surface area (Å²) < 4.78 is 27.7. The summed E-state index contributed by atoms with van der Waals surface area (Å²) in [5.41, 5.74) is 5.85. The van der Waals surface area contributed by atoms with Crippen molar-refractivity contribution in [1.29, 1.82) is 0 Å². The highest BCUT2D eigenvalue weighted by Gasteiger charge is 2.20. The molecule has 0 spiro atoms. The Kier molecular flexibility index (Phi) is 4.59. The Hall–Kier alpha value is -1.93. The van der Waals surface area contributed by atoms with Gasteiger partial charge in [-0.25, -0.2) is 8.42 Å². The minimum Gasteiger partial charge on any atom is -0.366 e. The highest BCUT2D eigenvalue weighted by atomic mass is 35.5. The fourth-order valence-electron chi connectivity index (χ4n) is 2.32. The summed E-state index contributed by atoms with van der Waals surface area (Å²) in [6.45, 7) is 0. The lowest BCUT2D eigenvalue weighted by atomic mass is 10.2. The Morgan fingerprint density at radius 2 is 1.80 bits per heavy atom. The van der Waals surface area contributed by atoms with Gasteiger partial charge in [-0.2, -0.15) is 0 Å². The molecule has 0 radical (unpaired) electrons. The van der Waals surface area contributed by atoms with E-state index >= 15 is 0 Å². The number of H-pyrrole nitrogens is 1. The molecule has 0 bridgehead atoms. The van der Waals surface area contributed by atoms with Crippen LogP contribution in [0.3, 0.4) is 0 Å². The number of sulfonamides is 1. The summed E-state index contributed by atoms with van der Waals surface area (Å²) in [7, 11) is -4.04. The van der Waals surface area contributed by atoms with Crippen LogP contribution in [0.4, 0.5) is 5.69 Å². The number of hydrogen-bond acceptors (Lipinski definition) is 3. The monoisotopic (exact) mass is 417 g/mol. The minimum absolute atomic E-state index is 0.0166. The predicted octanol–water partition coefficient (Wildman–Crippen LogP) is 4.03. The van der Waals surface area contributed by atoms with Gasteiger partial charge in [0.25, 0.3) is 10.0 Å². The largest absolute Gasteiger partial charge is 0.366 e. The van der Waals surface area contributed by atoms with Crippen LogP contribution in [0, 0.1) is 0 Å². The zero-order valence-corrected chi connectivity index (χ0v) is 15.4. The molecule has 130 valence electrons. The van der Waals surface area contributed by atoms with Crippen molar-refractivity contribution in [3.05, 3.63) is 57.2 Å². The molecule has 0 unspecified atom stereocenters. The Labute approximate surface area is 157 Å². The van der Waals surface area contributed by atoms with Crippen molar-refractivity contribution in [2.24, 2.45) is 5.73 Å². The van der Waals surface area contributed by atoms with E-state index in [-0.39, 0.29) is 21.2 Å². The number of primary amides is 1. The van der Waals surface area contributed by atoms with E-state index in [1.807, 2.05) is 0 Å². The van der Waals surface area contributed by atoms with Gasteiger partial charge in [0.15, 0.2) is 0 Å². The molecule has 0 aliphatic heterocycles. The average Bonchev–Trinajstić information content (AvgIpc) is 2.92. The van der Waals surface area contributed by atoms with Gasteiger partial charge in [-0.1, -0.05) is 34.8 Å². The summed E-state index contributed by atoms with van der Waals surface area (Å²) in [6, 6.07) is 6.66. The van der Waals surface area contributed by atoms with E-state index in [1.165, 1.54) is 30.5 Å². The van der Waals surface area contributed by atoms with Crippen molar-refractivity contribution >= 4 is 67.3 Å². The van der Waals surface area contributed by atoms with Gasteiger partial charge in [0.2, 0.25) is 5.91 Å². The number of aromatic amines is 1. The summed E-state index contributed by atoms with van der Waals surface area (Å²) in [6.07, 6.45) is 1.50. The molecule has 10 heteroatoms. The second-order valence-corrected chi connectivity index (χ2v) is 8.06. The molecule has 1 heterocycles. The molecule has 1 aromatic heterocycles. The first-order valence-corrected chi connectivity index (χ1v) is 9.39. The van der Waals surface area contributed by atoms with Crippen molar-refractivity contribution in [3.63, 3.8) is 0 Å². The van der Waals surface area contributed by atoms with E-state index in [0.717, 1.165) is 6.07 Å². The lowest BCUT2D eigenvalue weighted by molar-refractivity contribution is 0.1000. The van der Waals surface area contributed by atoms with Gasteiger partial charge in [0.1, 0.15) is 0 Å². The first-order chi connectivity index (χ1) is 11.7. The molecule has 0 aliphatic carbocycles. The molecule has 6 nitrogen and oxygen atoms in total. The van der Waals surface area contributed by atoms with Gasteiger partial charge in [0, 0.05) is 22.2 Å². The van der Waals surface area contributed by atoms with Crippen LogP contribution in [0.15, 0.2) is 41.4 Å². The molecule has 0 fully saturated rings. The van der Waals surface area contributed by atoms with Crippen LogP contribution in [0.5, 0.6) is 0 Å². The molecule has 4 N–H and O–H groups in total. The molecule has 25 heavy (non-hydrogen) atoms. The molecule has 0 aliphatic rings. The zero-order valence-electron chi connectivity index (χ0n) is 12.3. The van der Waals surface area contributed by atoms with Gasteiger partial charge in [-0.05, 0) is 30.3 Å². The number of benzene rings is 2. The van der Waals surface area contributed by atoms with Gasteiger partial charge in [-0.15, -0.1) is 0 Å². The molecule has 0 atom stereocenters. The van der Waals surface area contributed by atoms with Gasteiger partial charge >= 0.3 is 0 Å². The number of anilines is 1. The maximum absolute atomic E-state index is 12.7. The fourth-order valence-corrected chi connectivity index (χ4v) is 4.32. The van der Waals surface area contributed by atoms with E-state index in [9.17, 15) is 13.2 Å². The van der Waals surface area contributed by atoms with E-state index < -0.39 is 15.9 Å². The number of nitrogens with two attached hydrogens (primary N) is 1. The molecule has 3 aromatic rings. The molecule has 0 saturated carbocycles. The van der Waals surface area contributed by atoms with Gasteiger partial charge < -0.3 is 10.7 Å². The third-order valence-electron chi connectivity index (χ3n) is 3.45. The number of rotatable bonds is 4. The maximum atomic E-state index is 12.7. The first-order valence-electron chi connectivity index (χ1n) is 6.77. The lowest BCUT2D eigenvalue weighted by Crippen LogP contribution is -2.16. The predicted molar refractivity (Wildman–Crippen MR) is 99.1 cm³/mol. The highest BCUT2D eigenvalue weighted by Crippen LogP contribution is 2.35. The van der Waals surface area contributed by atoms with Gasteiger partial charge in [-0.3, -0.25) is 9.52 Å². The van der Waals surface area contributed by atoms with Crippen LogP contribution in [0.2, 0.25) is 15.1 Å². The number of carbonyl (C=O) groups excluding carboxylic acids is 1. The van der Waals surface area contributed by atoms with E-state index in [0.29, 0.717) is 20.9 Å². The van der Waals surface area contributed by atoms with Crippen molar-refractivity contribution in [2.45, 2.75) is 4.90 Å². The molecule has 2 aromatic carbocycles. The third-order valence-corrected chi connectivity index (χ3v) is 5.62. The minimum atomic E-state index is -4.04. The number of aromatic nitrogens is 1. The van der Waals surface area contributed by atoms with Crippen LogP contribution in [0.1, 0.15) is 10.4 Å². The van der Waals surface area contributed by atoms with Crippen LogP contribution >= 0.6 is 34.8 Å². The first kappa shape index (κ1) is 17.9. The Bertz CT molecular complexity index is 1110. The Morgan fingerprint density at radius 3 is 2.48 bits per heavy atom. The summed E-state index contributed by atoms with van der Waals surface area (Å²) in [4.78, 5) is 14.0.